The van der Waals surface area contributed by atoms with Crippen LogP contribution in [0.3, 0.4) is 0 Å². The minimum Gasteiger partial charge on any atom is -0.456 e. The molecule has 0 fully saturated rings. The number of hydrogen-bond donors (Lipinski definition) is 0. The molecule has 254 valence electrons. The van der Waals surface area contributed by atoms with Gasteiger partial charge in [-0.3, -0.25) is 0 Å². The lowest BCUT2D eigenvalue weighted by Gasteiger charge is -2.28. The lowest BCUT2D eigenvalue weighted by molar-refractivity contribution is 0.669. The van der Waals surface area contributed by atoms with Crippen molar-refractivity contribution in [1.29, 1.82) is 0 Å². The highest BCUT2D eigenvalue weighted by atomic mass is 16.3. The fraction of sp³-hybridized carbons (Fsp3) is 0. The van der Waals surface area contributed by atoms with E-state index in [0.29, 0.717) is 0 Å². The maximum Gasteiger partial charge on any atom is 0.136 e. The van der Waals surface area contributed by atoms with Gasteiger partial charge in [-0.1, -0.05) is 164 Å². The number of para-hydroxylation sites is 1. The maximum absolute atomic E-state index is 6.33. The van der Waals surface area contributed by atoms with E-state index in [0.717, 1.165) is 50.1 Å². The van der Waals surface area contributed by atoms with E-state index in [2.05, 4.69) is 205 Å². The smallest absolute Gasteiger partial charge is 0.136 e. The zero-order valence-corrected chi connectivity index (χ0v) is 29.6. The van der Waals surface area contributed by atoms with E-state index < -0.39 is 0 Å². The first-order valence-corrected chi connectivity index (χ1v) is 18.4. The molecule has 0 aliphatic heterocycles. The van der Waals surface area contributed by atoms with Crippen LogP contribution in [0.5, 0.6) is 0 Å². The Bertz CT molecular complexity index is 2940. The summed E-state index contributed by atoms with van der Waals surface area (Å²) in [5.74, 6) is 0. The molecule has 0 aliphatic carbocycles. The summed E-state index contributed by atoms with van der Waals surface area (Å²) in [5, 5.41) is 4.62. The molecule has 0 unspecified atom stereocenters. The summed E-state index contributed by atoms with van der Waals surface area (Å²) in [6.45, 7) is 0. The molecule has 0 N–H and O–H groups in total. The lowest BCUT2D eigenvalue weighted by Crippen LogP contribution is -2.11. The first kappa shape index (κ1) is 31.6. The van der Waals surface area contributed by atoms with Gasteiger partial charge >= 0.3 is 0 Å². The first-order chi connectivity index (χ1) is 26.8. The summed E-state index contributed by atoms with van der Waals surface area (Å²) >= 11 is 0. The van der Waals surface area contributed by atoms with Crippen LogP contribution in [0, 0.1) is 0 Å². The van der Waals surface area contributed by atoms with Gasteiger partial charge in [0.15, 0.2) is 0 Å². The number of fused-ring (bicyclic) bond motifs is 4. The van der Waals surface area contributed by atoms with E-state index in [4.69, 9.17) is 4.42 Å². The quantitative estimate of drug-likeness (QED) is 0.166. The average molecular weight is 690 g/mol. The molecule has 0 spiro atoms. The third kappa shape index (κ3) is 5.62. The van der Waals surface area contributed by atoms with Crippen molar-refractivity contribution in [3.63, 3.8) is 0 Å². The van der Waals surface area contributed by atoms with Crippen molar-refractivity contribution >= 4 is 49.8 Å². The standard InChI is InChI=1S/C52H35NO/c1-3-15-36(16-4-1)38-19-13-21-41(33-38)53(42-22-14-20-39(34-42)44-24-8-7-23-43(44)37-17-5-2-6-18-37)50-32-31-45(46-25-9-10-26-47(46)50)40-29-30-49-48-27-11-12-28-51(48)54-52(49)35-40/h1-35H. The fourth-order valence-electron chi connectivity index (χ4n) is 7.92. The van der Waals surface area contributed by atoms with Crippen molar-refractivity contribution in [1.82, 2.24) is 0 Å². The van der Waals surface area contributed by atoms with Crippen LogP contribution in [0.1, 0.15) is 0 Å². The molecule has 1 heterocycles. The summed E-state index contributed by atoms with van der Waals surface area (Å²) < 4.78 is 6.33. The second-order valence-electron chi connectivity index (χ2n) is 13.7. The Hall–Kier alpha value is -7.16. The van der Waals surface area contributed by atoms with Crippen molar-refractivity contribution < 1.29 is 4.42 Å². The van der Waals surface area contributed by atoms with Gasteiger partial charge in [-0.05, 0) is 98.4 Å². The zero-order valence-electron chi connectivity index (χ0n) is 29.6. The van der Waals surface area contributed by atoms with Gasteiger partial charge in [0.2, 0.25) is 0 Å². The molecule has 9 aromatic carbocycles. The molecule has 0 atom stereocenters. The Balaban J connectivity index is 1.16. The maximum atomic E-state index is 6.33. The molecule has 10 aromatic rings. The monoisotopic (exact) mass is 689 g/mol. The van der Waals surface area contributed by atoms with Gasteiger partial charge in [-0.25, -0.2) is 0 Å². The average Bonchev–Trinajstić information content (AvgIpc) is 3.63. The van der Waals surface area contributed by atoms with Crippen LogP contribution in [-0.2, 0) is 0 Å². The minimum atomic E-state index is 0.897. The number of rotatable bonds is 7. The Morgan fingerprint density at radius 2 is 0.815 bits per heavy atom. The fourth-order valence-corrected chi connectivity index (χ4v) is 7.92. The van der Waals surface area contributed by atoms with Crippen molar-refractivity contribution in [3.05, 3.63) is 212 Å². The molecule has 10 rings (SSSR count). The molecule has 2 heteroatoms. The molecule has 0 aliphatic rings. The van der Waals surface area contributed by atoms with E-state index in [1.165, 1.54) is 44.2 Å². The summed E-state index contributed by atoms with van der Waals surface area (Å²) in [6, 6.07) is 76.0. The largest absolute Gasteiger partial charge is 0.456 e. The molecule has 0 saturated heterocycles. The second-order valence-corrected chi connectivity index (χ2v) is 13.7. The van der Waals surface area contributed by atoms with Gasteiger partial charge in [0.25, 0.3) is 0 Å². The van der Waals surface area contributed by atoms with Crippen LogP contribution in [0.25, 0.3) is 77.2 Å². The second kappa shape index (κ2) is 13.4. The number of hydrogen-bond acceptors (Lipinski definition) is 2. The van der Waals surface area contributed by atoms with Gasteiger partial charge in [-0.15, -0.1) is 0 Å². The van der Waals surface area contributed by atoms with Crippen LogP contribution in [0.2, 0.25) is 0 Å². The van der Waals surface area contributed by atoms with Gasteiger partial charge in [0.1, 0.15) is 11.2 Å². The predicted molar refractivity (Wildman–Crippen MR) is 228 cm³/mol. The molecular weight excluding hydrogens is 655 g/mol. The Morgan fingerprint density at radius 3 is 1.57 bits per heavy atom. The highest BCUT2D eigenvalue weighted by Crippen LogP contribution is 2.45. The van der Waals surface area contributed by atoms with Crippen LogP contribution in [-0.4, -0.2) is 0 Å². The Kier molecular flexibility index (Phi) is 7.85. The van der Waals surface area contributed by atoms with Crippen LogP contribution in [0.4, 0.5) is 17.1 Å². The summed E-state index contributed by atoms with van der Waals surface area (Å²) in [5.41, 5.74) is 14.5. The van der Waals surface area contributed by atoms with Crippen LogP contribution < -0.4 is 4.90 Å². The van der Waals surface area contributed by atoms with Gasteiger partial charge in [0.05, 0.1) is 5.69 Å². The molecule has 0 saturated carbocycles. The Labute approximate surface area is 314 Å². The summed E-state index contributed by atoms with van der Waals surface area (Å²) in [4.78, 5) is 2.41. The SMILES string of the molecule is c1ccc(-c2cccc(N(c3cccc(-c4ccccc4-c4ccccc4)c3)c3ccc(-c4ccc5c(c4)oc4ccccc45)c4ccccc34)c2)cc1. The van der Waals surface area contributed by atoms with E-state index in [1.807, 2.05) is 12.1 Å². The highest BCUT2D eigenvalue weighted by molar-refractivity contribution is 6.09. The van der Waals surface area contributed by atoms with Gasteiger partial charge in [-0.2, -0.15) is 0 Å². The normalized spacial score (nSPS) is 11.3. The van der Waals surface area contributed by atoms with Gasteiger partial charge in [0, 0.05) is 27.5 Å². The zero-order chi connectivity index (χ0) is 35.8. The predicted octanol–water partition coefficient (Wildman–Crippen LogP) is 14.9. The minimum absolute atomic E-state index is 0.897. The molecule has 2 nitrogen and oxygen atoms in total. The van der Waals surface area contributed by atoms with Crippen molar-refractivity contribution in [2.45, 2.75) is 0 Å². The Morgan fingerprint density at radius 1 is 0.278 bits per heavy atom. The number of nitrogens with zero attached hydrogens (tertiary/aromatic N) is 1. The highest BCUT2D eigenvalue weighted by Gasteiger charge is 2.20. The van der Waals surface area contributed by atoms with Gasteiger partial charge < -0.3 is 9.32 Å². The van der Waals surface area contributed by atoms with E-state index in [1.54, 1.807) is 0 Å². The molecule has 0 amide bonds. The van der Waals surface area contributed by atoms with Crippen molar-refractivity contribution in [3.8, 4) is 44.5 Å². The third-order valence-electron chi connectivity index (χ3n) is 10.5. The molecule has 0 bridgehead atoms. The summed E-state index contributed by atoms with van der Waals surface area (Å²) in [6.07, 6.45) is 0. The molecule has 0 radical (unpaired) electrons. The molecule has 1 aromatic heterocycles. The third-order valence-corrected chi connectivity index (χ3v) is 10.5. The summed E-state index contributed by atoms with van der Waals surface area (Å²) in [7, 11) is 0. The van der Waals surface area contributed by atoms with Crippen molar-refractivity contribution in [2.75, 3.05) is 4.90 Å². The van der Waals surface area contributed by atoms with Crippen LogP contribution in [0.15, 0.2) is 217 Å². The lowest BCUT2D eigenvalue weighted by atomic mass is 9.93. The van der Waals surface area contributed by atoms with E-state index in [-0.39, 0.29) is 0 Å². The number of benzene rings is 9. The topological polar surface area (TPSA) is 16.4 Å². The van der Waals surface area contributed by atoms with E-state index >= 15 is 0 Å². The first-order valence-electron chi connectivity index (χ1n) is 18.4. The molecular formula is C52H35NO. The van der Waals surface area contributed by atoms with E-state index in [9.17, 15) is 0 Å². The number of anilines is 3. The number of furan rings is 1. The molecule has 54 heavy (non-hydrogen) atoms. The van der Waals surface area contributed by atoms with Crippen LogP contribution >= 0.6 is 0 Å². The van der Waals surface area contributed by atoms with Crippen molar-refractivity contribution in [2.24, 2.45) is 0 Å².